The van der Waals surface area contributed by atoms with Gasteiger partial charge in [-0.25, -0.2) is 0 Å². The lowest BCUT2D eigenvalue weighted by atomic mass is 9.67. The predicted molar refractivity (Wildman–Crippen MR) is 268 cm³/mol. The summed E-state index contributed by atoms with van der Waals surface area (Å²) in [7, 11) is 0. The third-order valence-corrected chi connectivity index (χ3v) is 14.1. The molecule has 1 nitrogen and oxygen atoms in total. The molecule has 0 aliphatic heterocycles. The van der Waals surface area contributed by atoms with Crippen LogP contribution < -0.4 is 4.90 Å². The van der Waals surface area contributed by atoms with Gasteiger partial charge >= 0.3 is 0 Å². The molecule has 0 fully saturated rings. The lowest BCUT2D eigenvalue weighted by Crippen LogP contribution is -2.28. The zero-order valence-electron chi connectivity index (χ0n) is 34.5. The summed E-state index contributed by atoms with van der Waals surface area (Å²) in [5.74, 6) is 0. The molecule has 0 N–H and O–H groups in total. The van der Waals surface area contributed by atoms with Crippen molar-refractivity contribution in [1.82, 2.24) is 0 Å². The number of benzene rings is 10. The van der Waals surface area contributed by atoms with Gasteiger partial charge < -0.3 is 4.90 Å². The molecule has 0 bridgehead atoms. The Bertz CT molecular complexity index is 3270. The highest BCUT2D eigenvalue weighted by Gasteiger charge is 2.48. The molecule has 12 rings (SSSR count). The third-order valence-electron chi connectivity index (χ3n) is 12.9. The molecule has 0 saturated heterocycles. The van der Waals surface area contributed by atoms with Crippen LogP contribution in [-0.2, 0) is 5.41 Å². The summed E-state index contributed by atoms with van der Waals surface area (Å²) in [5.41, 5.74) is 17.7. The molecule has 0 atom stereocenters. The molecule has 1 aliphatic rings. The van der Waals surface area contributed by atoms with E-state index in [2.05, 4.69) is 254 Å². The summed E-state index contributed by atoms with van der Waals surface area (Å²) in [4.78, 5) is 2.43. The van der Waals surface area contributed by atoms with Crippen LogP contribution in [0.25, 0.3) is 64.7 Å². The van der Waals surface area contributed by atoms with E-state index in [-0.39, 0.29) is 0 Å². The minimum Gasteiger partial charge on any atom is -0.310 e. The first-order valence-corrected chi connectivity index (χ1v) is 22.5. The van der Waals surface area contributed by atoms with Crippen LogP contribution in [0.5, 0.6) is 0 Å². The fourth-order valence-corrected chi connectivity index (χ4v) is 11.3. The van der Waals surface area contributed by atoms with Gasteiger partial charge in [0.25, 0.3) is 0 Å². The smallest absolute Gasteiger partial charge is 0.0715 e. The molecule has 1 heterocycles. The second kappa shape index (κ2) is 15.3. The van der Waals surface area contributed by atoms with Crippen molar-refractivity contribution in [2.75, 3.05) is 4.90 Å². The van der Waals surface area contributed by atoms with Crippen molar-refractivity contribution in [2.45, 2.75) is 5.41 Å². The Balaban J connectivity index is 1.15. The number of rotatable bonds is 8. The second-order valence-electron chi connectivity index (χ2n) is 16.4. The molecule has 296 valence electrons. The Labute approximate surface area is 372 Å². The van der Waals surface area contributed by atoms with Gasteiger partial charge in [0, 0.05) is 37.2 Å². The summed E-state index contributed by atoms with van der Waals surface area (Å²) in [5, 5.41) is 2.63. The molecule has 10 aromatic carbocycles. The molecule has 0 radical (unpaired) electrons. The highest BCUT2D eigenvalue weighted by atomic mass is 32.1. The molecule has 0 spiro atoms. The topological polar surface area (TPSA) is 3.24 Å². The third kappa shape index (κ3) is 6.06. The molecule has 63 heavy (non-hydrogen) atoms. The molecule has 0 saturated carbocycles. The number of hydrogen-bond donors (Lipinski definition) is 0. The first kappa shape index (κ1) is 37.0. The highest BCUT2D eigenvalue weighted by molar-refractivity contribution is 7.26. The van der Waals surface area contributed by atoms with Crippen LogP contribution in [0.2, 0.25) is 0 Å². The molecule has 11 aromatic rings. The van der Waals surface area contributed by atoms with Crippen molar-refractivity contribution in [3.05, 3.63) is 271 Å². The van der Waals surface area contributed by atoms with Crippen LogP contribution >= 0.6 is 11.3 Å². The summed E-state index contributed by atoms with van der Waals surface area (Å²) >= 11 is 1.90. The van der Waals surface area contributed by atoms with Gasteiger partial charge in [0.1, 0.15) is 0 Å². The van der Waals surface area contributed by atoms with Gasteiger partial charge in [-0.2, -0.15) is 0 Å². The Kier molecular flexibility index (Phi) is 8.98. The lowest BCUT2D eigenvalue weighted by molar-refractivity contribution is 0.770. The van der Waals surface area contributed by atoms with Gasteiger partial charge in [-0.1, -0.05) is 200 Å². The van der Waals surface area contributed by atoms with Crippen molar-refractivity contribution >= 4 is 48.6 Å². The molecule has 0 amide bonds. The first-order chi connectivity index (χ1) is 31.3. The summed E-state index contributed by atoms with van der Waals surface area (Å²) in [6.07, 6.45) is 0. The largest absolute Gasteiger partial charge is 0.310 e. The van der Waals surface area contributed by atoms with E-state index in [1.165, 1.54) is 86.9 Å². The Morgan fingerprint density at radius 3 is 1.30 bits per heavy atom. The molecule has 1 aromatic heterocycles. The first-order valence-electron chi connectivity index (χ1n) is 21.7. The number of thiophene rings is 1. The summed E-state index contributed by atoms with van der Waals surface area (Å²) < 4.78 is 2.61. The number of hydrogen-bond acceptors (Lipinski definition) is 2. The molecule has 2 heteroatoms. The van der Waals surface area contributed by atoms with Crippen molar-refractivity contribution in [2.24, 2.45) is 0 Å². The standard InChI is InChI=1S/C61H41NS/c1-6-18-42(19-7-1)44-30-34-49(35-31-44)62(50-36-32-45(33-37-50)43-20-8-2-9-21-43)51-38-39-52-54(40-51)61(47-24-12-4-13-25-47,48-26-14-5-15-27-48)55-41-57-60(53-28-16-17-29-56(53)63-57)58(59(52)55)46-22-10-3-11-23-46/h1-41H. The monoisotopic (exact) mass is 819 g/mol. The fourth-order valence-electron chi connectivity index (χ4n) is 10.2. The number of nitrogens with zero attached hydrogens (tertiary/aromatic N) is 1. The minimum atomic E-state index is -0.614. The Morgan fingerprint density at radius 2 is 0.762 bits per heavy atom. The molecule has 0 unspecified atom stereocenters. The van der Waals surface area contributed by atoms with E-state index in [1.54, 1.807) is 0 Å². The zero-order chi connectivity index (χ0) is 41.7. The molecular formula is C61H41NS. The lowest BCUT2D eigenvalue weighted by Gasteiger charge is -2.35. The van der Waals surface area contributed by atoms with E-state index in [1.807, 2.05) is 11.3 Å². The van der Waals surface area contributed by atoms with Crippen molar-refractivity contribution < 1.29 is 0 Å². The average molecular weight is 820 g/mol. The Morgan fingerprint density at radius 1 is 0.317 bits per heavy atom. The maximum atomic E-state index is 2.53. The fraction of sp³-hybridized carbons (Fsp3) is 0.0164. The van der Waals surface area contributed by atoms with E-state index >= 15 is 0 Å². The van der Waals surface area contributed by atoms with Crippen LogP contribution in [-0.4, -0.2) is 0 Å². The van der Waals surface area contributed by atoms with Gasteiger partial charge in [-0.3, -0.25) is 0 Å². The van der Waals surface area contributed by atoms with E-state index in [0.717, 1.165) is 17.1 Å². The maximum Gasteiger partial charge on any atom is 0.0715 e. The van der Waals surface area contributed by atoms with Gasteiger partial charge in [-0.15, -0.1) is 11.3 Å². The van der Waals surface area contributed by atoms with E-state index in [0.29, 0.717) is 0 Å². The molecule has 1 aliphatic carbocycles. The minimum absolute atomic E-state index is 0.614. The highest BCUT2D eigenvalue weighted by Crippen LogP contribution is 2.61. The van der Waals surface area contributed by atoms with E-state index in [4.69, 9.17) is 0 Å². The van der Waals surface area contributed by atoms with Crippen molar-refractivity contribution in [3.8, 4) is 44.5 Å². The van der Waals surface area contributed by atoms with Crippen LogP contribution in [0.4, 0.5) is 17.1 Å². The van der Waals surface area contributed by atoms with Crippen LogP contribution in [0, 0.1) is 0 Å². The summed E-state index contributed by atoms with van der Waals surface area (Å²) in [6, 6.07) is 91.5. The average Bonchev–Trinajstić information content (AvgIpc) is 3.88. The van der Waals surface area contributed by atoms with Gasteiger partial charge in [0.15, 0.2) is 0 Å². The zero-order valence-corrected chi connectivity index (χ0v) is 35.3. The normalized spacial score (nSPS) is 12.6. The number of anilines is 3. The molecular weight excluding hydrogens is 779 g/mol. The Hall–Kier alpha value is -7.78. The second-order valence-corrected chi connectivity index (χ2v) is 17.5. The SMILES string of the molecule is c1ccc(-c2ccc(N(c3ccc(-c4ccccc4)cc3)c3ccc4c(c3)C(c3ccccc3)(c3ccccc3)c3cc5sc6ccccc6c5c(-c5ccccc5)c3-4)cc2)cc1. The van der Waals surface area contributed by atoms with Crippen molar-refractivity contribution in [1.29, 1.82) is 0 Å². The van der Waals surface area contributed by atoms with E-state index < -0.39 is 5.41 Å². The van der Waals surface area contributed by atoms with Gasteiger partial charge in [0.05, 0.1) is 5.41 Å². The summed E-state index contributed by atoms with van der Waals surface area (Å²) in [6.45, 7) is 0. The van der Waals surface area contributed by atoms with Crippen LogP contribution in [0.1, 0.15) is 22.3 Å². The maximum absolute atomic E-state index is 2.53. The quantitative estimate of drug-likeness (QED) is 0.148. The van der Waals surface area contributed by atoms with Crippen LogP contribution in [0.15, 0.2) is 249 Å². The van der Waals surface area contributed by atoms with E-state index in [9.17, 15) is 0 Å². The number of fused-ring (bicyclic) bond motifs is 6. The van der Waals surface area contributed by atoms with Crippen molar-refractivity contribution in [3.63, 3.8) is 0 Å². The van der Waals surface area contributed by atoms with Crippen LogP contribution in [0.3, 0.4) is 0 Å². The predicted octanol–water partition coefficient (Wildman–Crippen LogP) is 16.9. The van der Waals surface area contributed by atoms with Gasteiger partial charge in [0.2, 0.25) is 0 Å². The van der Waals surface area contributed by atoms with Gasteiger partial charge in [-0.05, 0) is 115 Å².